The molecule has 1 fully saturated rings. The summed E-state index contributed by atoms with van der Waals surface area (Å²) in [5.41, 5.74) is 1.69. The minimum atomic E-state index is -0.608. The van der Waals surface area contributed by atoms with Crippen molar-refractivity contribution in [2.24, 2.45) is 7.05 Å². The second kappa shape index (κ2) is 4.66. The highest BCUT2D eigenvalue weighted by atomic mass is 35.5. The fourth-order valence-corrected chi connectivity index (χ4v) is 3.31. The molecule has 1 unspecified atom stereocenters. The summed E-state index contributed by atoms with van der Waals surface area (Å²) in [6.45, 7) is 0. The van der Waals surface area contributed by atoms with Gasteiger partial charge in [-0.15, -0.1) is 0 Å². The van der Waals surface area contributed by atoms with E-state index in [0.29, 0.717) is 10.7 Å². The van der Waals surface area contributed by atoms with Gasteiger partial charge in [-0.25, -0.2) is 0 Å². The molecule has 4 heteroatoms. The Balaban J connectivity index is 2.04. The molecule has 0 saturated heterocycles. The van der Waals surface area contributed by atoms with Gasteiger partial charge >= 0.3 is 0 Å². The highest BCUT2D eigenvalue weighted by molar-refractivity contribution is 6.31. The van der Waals surface area contributed by atoms with Crippen LogP contribution in [0.15, 0.2) is 36.5 Å². The largest absolute Gasteiger partial charge is 0.386 e. The number of aliphatic hydroxyl groups is 1. The average molecular weight is 277 g/mol. The van der Waals surface area contributed by atoms with E-state index in [0.717, 1.165) is 19.3 Å². The van der Waals surface area contributed by atoms with Crippen LogP contribution in [0.25, 0.3) is 0 Å². The average Bonchev–Trinajstić information content (AvgIpc) is 2.69. The van der Waals surface area contributed by atoms with Crippen LogP contribution in [-0.2, 0) is 12.5 Å². The number of hydrogen-bond acceptors (Lipinski definition) is 2. The molecular weight excluding hydrogens is 260 g/mol. The molecular formula is C15H17ClN2O. The molecule has 1 atom stereocenters. The Bertz CT molecular complexity index is 556. The first-order valence-electron chi connectivity index (χ1n) is 6.56. The fraction of sp³-hybridized carbons (Fsp3) is 0.400. The summed E-state index contributed by atoms with van der Waals surface area (Å²) in [6.07, 6.45) is 4.10. The lowest BCUT2D eigenvalue weighted by Crippen LogP contribution is -2.41. The first-order valence-corrected chi connectivity index (χ1v) is 6.94. The number of aliphatic hydroxyl groups excluding tert-OH is 1. The molecule has 0 spiro atoms. The molecule has 0 amide bonds. The van der Waals surface area contributed by atoms with Crippen molar-refractivity contribution in [3.63, 3.8) is 0 Å². The Kier molecular flexibility index (Phi) is 3.11. The summed E-state index contributed by atoms with van der Waals surface area (Å²) in [7, 11) is 1.82. The van der Waals surface area contributed by atoms with Crippen molar-refractivity contribution in [1.82, 2.24) is 9.78 Å². The van der Waals surface area contributed by atoms with Crippen LogP contribution in [-0.4, -0.2) is 14.9 Å². The summed E-state index contributed by atoms with van der Waals surface area (Å²) in [6, 6.07) is 10.2. The van der Waals surface area contributed by atoms with Crippen LogP contribution in [0.1, 0.15) is 36.6 Å². The minimum Gasteiger partial charge on any atom is -0.386 e. The van der Waals surface area contributed by atoms with Crippen molar-refractivity contribution in [2.75, 3.05) is 0 Å². The van der Waals surface area contributed by atoms with E-state index in [4.69, 9.17) is 11.6 Å². The SMILES string of the molecule is Cn1ncc(Cl)c1C(O)C1(c2ccccc2)CCC1. The zero-order chi connectivity index (χ0) is 13.5. The van der Waals surface area contributed by atoms with Gasteiger partial charge in [-0.1, -0.05) is 48.4 Å². The highest BCUT2D eigenvalue weighted by Gasteiger charge is 2.47. The molecule has 1 saturated carbocycles. The van der Waals surface area contributed by atoms with Gasteiger partial charge in [-0.2, -0.15) is 5.10 Å². The van der Waals surface area contributed by atoms with Crippen LogP contribution >= 0.6 is 11.6 Å². The van der Waals surface area contributed by atoms with E-state index < -0.39 is 6.10 Å². The number of nitrogens with zero attached hydrogens (tertiary/aromatic N) is 2. The van der Waals surface area contributed by atoms with E-state index >= 15 is 0 Å². The number of aryl methyl sites for hydroxylation is 1. The molecule has 3 nitrogen and oxygen atoms in total. The Morgan fingerprint density at radius 3 is 2.47 bits per heavy atom. The van der Waals surface area contributed by atoms with E-state index in [1.165, 1.54) is 5.56 Å². The van der Waals surface area contributed by atoms with Crippen molar-refractivity contribution in [1.29, 1.82) is 0 Å². The highest BCUT2D eigenvalue weighted by Crippen LogP contribution is 2.52. The Morgan fingerprint density at radius 2 is 2.00 bits per heavy atom. The maximum atomic E-state index is 10.8. The van der Waals surface area contributed by atoms with Gasteiger partial charge in [0.2, 0.25) is 0 Å². The lowest BCUT2D eigenvalue weighted by Gasteiger charge is -2.46. The molecule has 1 aromatic carbocycles. The normalized spacial score (nSPS) is 18.9. The zero-order valence-corrected chi connectivity index (χ0v) is 11.6. The third-order valence-electron chi connectivity index (χ3n) is 4.31. The smallest absolute Gasteiger partial charge is 0.107 e. The van der Waals surface area contributed by atoms with Gasteiger partial charge in [0.1, 0.15) is 6.10 Å². The number of aromatic nitrogens is 2. The maximum absolute atomic E-state index is 10.8. The first-order chi connectivity index (χ1) is 9.15. The molecule has 1 heterocycles. The molecule has 0 bridgehead atoms. The molecule has 0 radical (unpaired) electrons. The van der Waals surface area contributed by atoms with Crippen LogP contribution in [0.2, 0.25) is 5.02 Å². The Morgan fingerprint density at radius 1 is 1.32 bits per heavy atom. The van der Waals surface area contributed by atoms with Gasteiger partial charge in [0.05, 0.1) is 16.9 Å². The van der Waals surface area contributed by atoms with E-state index in [2.05, 4.69) is 17.2 Å². The number of hydrogen-bond donors (Lipinski definition) is 1. The minimum absolute atomic E-state index is 0.210. The summed E-state index contributed by atoms with van der Waals surface area (Å²) in [4.78, 5) is 0. The van der Waals surface area contributed by atoms with Crippen molar-refractivity contribution in [3.8, 4) is 0 Å². The molecule has 100 valence electrons. The molecule has 1 N–H and O–H groups in total. The van der Waals surface area contributed by atoms with Crippen molar-refractivity contribution < 1.29 is 5.11 Å². The molecule has 19 heavy (non-hydrogen) atoms. The first kappa shape index (κ1) is 12.7. The maximum Gasteiger partial charge on any atom is 0.107 e. The van der Waals surface area contributed by atoms with Gasteiger partial charge in [-0.05, 0) is 18.4 Å². The quantitative estimate of drug-likeness (QED) is 0.935. The lowest BCUT2D eigenvalue weighted by atomic mass is 9.60. The van der Waals surface area contributed by atoms with Crippen LogP contribution in [0.4, 0.5) is 0 Å². The molecule has 1 aliphatic rings. The molecule has 2 aromatic rings. The summed E-state index contributed by atoms with van der Waals surface area (Å²) >= 11 is 6.17. The number of benzene rings is 1. The van der Waals surface area contributed by atoms with Crippen LogP contribution in [0, 0.1) is 0 Å². The topological polar surface area (TPSA) is 38.0 Å². The van der Waals surface area contributed by atoms with Crippen LogP contribution < -0.4 is 0 Å². The van der Waals surface area contributed by atoms with E-state index in [1.807, 2.05) is 25.2 Å². The molecule has 1 aliphatic carbocycles. The van der Waals surface area contributed by atoms with Gasteiger partial charge in [0.15, 0.2) is 0 Å². The molecule has 1 aromatic heterocycles. The Hall–Kier alpha value is -1.32. The summed E-state index contributed by atoms with van der Waals surface area (Å²) < 4.78 is 1.68. The second-order valence-electron chi connectivity index (χ2n) is 5.28. The Labute approximate surface area is 117 Å². The zero-order valence-electron chi connectivity index (χ0n) is 10.9. The standard InChI is InChI=1S/C15H17ClN2O/c1-18-13(12(16)10-17-18)14(19)15(8-5-9-15)11-6-3-2-4-7-11/h2-4,6-7,10,14,19H,5,8-9H2,1H3. The molecule has 0 aliphatic heterocycles. The van der Waals surface area contributed by atoms with Crippen molar-refractivity contribution in [3.05, 3.63) is 52.8 Å². The third-order valence-corrected chi connectivity index (χ3v) is 4.61. The van der Waals surface area contributed by atoms with E-state index in [-0.39, 0.29) is 5.41 Å². The predicted octanol–water partition coefficient (Wildman–Crippen LogP) is 3.23. The lowest BCUT2D eigenvalue weighted by molar-refractivity contribution is 0.0212. The van der Waals surface area contributed by atoms with Gasteiger partial charge in [-0.3, -0.25) is 4.68 Å². The summed E-state index contributed by atoms with van der Waals surface area (Å²) in [5.74, 6) is 0. The van der Waals surface area contributed by atoms with Gasteiger partial charge < -0.3 is 5.11 Å². The van der Waals surface area contributed by atoms with Gasteiger partial charge in [0.25, 0.3) is 0 Å². The second-order valence-corrected chi connectivity index (χ2v) is 5.69. The summed E-state index contributed by atoms with van der Waals surface area (Å²) in [5, 5.41) is 15.5. The van der Waals surface area contributed by atoms with E-state index in [9.17, 15) is 5.11 Å². The number of halogens is 1. The van der Waals surface area contributed by atoms with E-state index in [1.54, 1.807) is 10.9 Å². The monoisotopic (exact) mass is 276 g/mol. The van der Waals surface area contributed by atoms with Crippen LogP contribution in [0.5, 0.6) is 0 Å². The van der Waals surface area contributed by atoms with Crippen molar-refractivity contribution in [2.45, 2.75) is 30.8 Å². The fourth-order valence-electron chi connectivity index (χ4n) is 3.04. The number of rotatable bonds is 3. The van der Waals surface area contributed by atoms with Crippen LogP contribution in [0.3, 0.4) is 0 Å². The van der Waals surface area contributed by atoms with Gasteiger partial charge in [0, 0.05) is 12.5 Å². The van der Waals surface area contributed by atoms with Crippen molar-refractivity contribution >= 4 is 11.6 Å². The predicted molar refractivity (Wildman–Crippen MR) is 75.1 cm³/mol. The molecule has 3 rings (SSSR count). The third kappa shape index (κ3) is 1.88.